The van der Waals surface area contributed by atoms with Crippen molar-refractivity contribution in [3.63, 3.8) is 0 Å². The molecule has 0 aromatic carbocycles. The van der Waals surface area contributed by atoms with Gasteiger partial charge >= 0.3 is 17.9 Å². The van der Waals surface area contributed by atoms with Crippen molar-refractivity contribution in [3.05, 3.63) is 12.2 Å². The van der Waals surface area contributed by atoms with Gasteiger partial charge in [-0.2, -0.15) is 0 Å². The molecule has 66 heavy (non-hydrogen) atoms. The lowest BCUT2D eigenvalue weighted by atomic mass is 10.0. The number of allylic oxidation sites excluding steroid dienone is 2. The zero-order valence-corrected chi connectivity index (χ0v) is 44.7. The molecule has 0 heterocycles. The average molecular weight is 932 g/mol. The van der Waals surface area contributed by atoms with E-state index in [4.69, 9.17) is 14.2 Å². The number of hydrogen-bond acceptors (Lipinski definition) is 6. The Kier molecular flexibility index (Phi) is 54.2. The van der Waals surface area contributed by atoms with E-state index in [1.165, 1.54) is 231 Å². The molecule has 0 radical (unpaired) electrons. The maximum atomic E-state index is 12.8. The molecule has 0 unspecified atom stereocenters. The number of hydrogen-bond donors (Lipinski definition) is 0. The van der Waals surface area contributed by atoms with Crippen LogP contribution in [-0.2, 0) is 28.6 Å². The van der Waals surface area contributed by atoms with Crippen molar-refractivity contribution in [1.29, 1.82) is 0 Å². The van der Waals surface area contributed by atoms with Crippen LogP contribution < -0.4 is 0 Å². The van der Waals surface area contributed by atoms with Crippen LogP contribution in [0.3, 0.4) is 0 Å². The molecule has 0 aliphatic carbocycles. The Bertz CT molecular complexity index is 1020. The summed E-state index contributed by atoms with van der Waals surface area (Å²) in [4.78, 5) is 38.1. The van der Waals surface area contributed by atoms with Gasteiger partial charge in [0.25, 0.3) is 0 Å². The largest absolute Gasteiger partial charge is 0.462 e. The lowest BCUT2D eigenvalue weighted by Gasteiger charge is -2.18. The zero-order valence-electron chi connectivity index (χ0n) is 44.7. The molecule has 0 aliphatic heterocycles. The van der Waals surface area contributed by atoms with Crippen LogP contribution in [0.1, 0.15) is 335 Å². The molecule has 0 amide bonds. The normalized spacial score (nSPS) is 12.0. The first-order chi connectivity index (χ1) is 32.5. The van der Waals surface area contributed by atoms with Crippen molar-refractivity contribution in [2.45, 2.75) is 341 Å². The molecular formula is C60H114O6. The minimum Gasteiger partial charge on any atom is -0.462 e. The van der Waals surface area contributed by atoms with Gasteiger partial charge in [0.2, 0.25) is 0 Å². The minimum absolute atomic E-state index is 0.0674. The lowest BCUT2D eigenvalue weighted by Crippen LogP contribution is -2.30. The van der Waals surface area contributed by atoms with Crippen molar-refractivity contribution in [3.8, 4) is 0 Å². The summed E-state index contributed by atoms with van der Waals surface area (Å²) in [7, 11) is 0. The van der Waals surface area contributed by atoms with E-state index in [-0.39, 0.29) is 31.1 Å². The third kappa shape index (κ3) is 53.1. The van der Waals surface area contributed by atoms with Gasteiger partial charge in [0.15, 0.2) is 6.10 Å². The third-order valence-electron chi connectivity index (χ3n) is 13.5. The summed E-state index contributed by atoms with van der Waals surface area (Å²) >= 11 is 0. The van der Waals surface area contributed by atoms with Crippen molar-refractivity contribution in [2.75, 3.05) is 13.2 Å². The molecule has 390 valence electrons. The van der Waals surface area contributed by atoms with Gasteiger partial charge in [-0.3, -0.25) is 14.4 Å². The number of esters is 3. The van der Waals surface area contributed by atoms with Gasteiger partial charge in [-0.1, -0.05) is 283 Å². The fraction of sp³-hybridized carbons (Fsp3) is 0.917. The summed E-state index contributed by atoms with van der Waals surface area (Å²) in [6, 6.07) is 0. The number of unbranched alkanes of at least 4 members (excludes halogenated alkanes) is 42. The first kappa shape index (κ1) is 64.2. The second-order valence-corrected chi connectivity index (χ2v) is 20.3. The van der Waals surface area contributed by atoms with Crippen LogP contribution >= 0.6 is 0 Å². The van der Waals surface area contributed by atoms with Crippen LogP contribution in [0.15, 0.2) is 12.2 Å². The number of rotatable bonds is 55. The van der Waals surface area contributed by atoms with Crippen LogP contribution in [0.5, 0.6) is 0 Å². The summed E-state index contributed by atoms with van der Waals surface area (Å²) in [5.41, 5.74) is 0. The Morgan fingerprint density at radius 2 is 0.500 bits per heavy atom. The highest BCUT2D eigenvalue weighted by Gasteiger charge is 2.19. The standard InChI is InChI=1S/C60H114O6/c1-4-7-10-13-16-19-22-25-27-28-29-30-31-32-34-35-38-41-44-47-50-53-59(62)65-56-57(55-64-58(61)52-49-46-43-40-37-24-21-18-15-12-9-6-3)66-60(63)54-51-48-45-42-39-36-33-26-23-20-17-14-11-8-5-2/h26,33,57H,4-25,27-32,34-56H2,1-3H3/b33-26-/t57-/m0/s1. The van der Waals surface area contributed by atoms with Gasteiger partial charge < -0.3 is 14.2 Å². The molecule has 0 rings (SSSR count). The zero-order chi connectivity index (χ0) is 47.9. The van der Waals surface area contributed by atoms with E-state index in [9.17, 15) is 14.4 Å². The molecule has 1 atom stereocenters. The molecule has 0 bridgehead atoms. The van der Waals surface area contributed by atoms with Gasteiger partial charge in [-0.25, -0.2) is 0 Å². The molecule has 0 fully saturated rings. The fourth-order valence-corrected chi connectivity index (χ4v) is 9.03. The van der Waals surface area contributed by atoms with Crippen molar-refractivity contribution in [1.82, 2.24) is 0 Å². The van der Waals surface area contributed by atoms with Crippen molar-refractivity contribution < 1.29 is 28.6 Å². The minimum atomic E-state index is -0.768. The van der Waals surface area contributed by atoms with Crippen LogP contribution in [0, 0.1) is 0 Å². The van der Waals surface area contributed by atoms with Gasteiger partial charge in [-0.15, -0.1) is 0 Å². The highest BCUT2D eigenvalue weighted by molar-refractivity contribution is 5.71. The van der Waals surface area contributed by atoms with E-state index in [0.717, 1.165) is 64.2 Å². The molecule has 6 nitrogen and oxygen atoms in total. The summed E-state index contributed by atoms with van der Waals surface area (Å²) in [5.74, 6) is -0.852. The smallest absolute Gasteiger partial charge is 0.306 e. The molecule has 0 saturated carbocycles. The number of carbonyl (C=O) groups excluding carboxylic acids is 3. The molecule has 0 aromatic rings. The second kappa shape index (κ2) is 55.7. The first-order valence-electron chi connectivity index (χ1n) is 29.7. The third-order valence-corrected chi connectivity index (χ3v) is 13.5. The predicted octanol–water partition coefficient (Wildman–Crippen LogP) is 19.7. The average Bonchev–Trinajstić information content (AvgIpc) is 3.31. The van der Waals surface area contributed by atoms with Crippen LogP contribution in [0.2, 0.25) is 0 Å². The second-order valence-electron chi connectivity index (χ2n) is 20.3. The topological polar surface area (TPSA) is 78.9 Å². The van der Waals surface area contributed by atoms with Crippen molar-refractivity contribution in [2.24, 2.45) is 0 Å². The van der Waals surface area contributed by atoms with Gasteiger partial charge in [0.1, 0.15) is 13.2 Å². The van der Waals surface area contributed by atoms with E-state index >= 15 is 0 Å². The number of ether oxygens (including phenoxy) is 3. The van der Waals surface area contributed by atoms with Crippen LogP contribution in [0.25, 0.3) is 0 Å². The van der Waals surface area contributed by atoms with Crippen molar-refractivity contribution >= 4 is 17.9 Å². The Labute approximate surface area is 411 Å². The first-order valence-corrected chi connectivity index (χ1v) is 29.7. The van der Waals surface area contributed by atoms with E-state index in [1.807, 2.05) is 0 Å². The Morgan fingerprint density at radius 1 is 0.288 bits per heavy atom. The number of carbonyl (C=O) groups is 3. The van der Waals surface area contributed by atoms with Crippen LogP contribution in [0.4, 0.5) is 0 Å². The molecule has 0 saturated heterocycles. The maximum Gasteiger partial charge on any atom is 0.306 e. The van der Waals surface area contributed by atoms with Gasteiger partial charge in [0.05, 0.1) is 0 Å². The van der Waals surface area contributed by atoms with Gasteiger partial charge in [0, 0.05) is 19.3 Å². The van der Waals surface area contributed by atoms with Gasteiger partial charge in [-0.05, 0) is 44.9 Å². The maximum absolute atomic E-state index is 12.8. The van der Waals surface area contributed by atoms with Crippen LogP contribution in [-0.4, -0.2) is 37.2 Å². The molecule has 0 N–H and O–H groups in total. The SMILES string of the molecule is CCCCCCCC/C=C\CCCCCCCC(=O)O[C@@H](COC(=O)CCCCCCCCCCCCCC)COC(=O)CCCCCCCCCCCCCCCCCCCCCCC. The predicted molar refractivity (Wildman–Crippen MR) is 284 cm³/mol. The summed E-state index contributed by atoms with van der Waals surface area (Å²) < 4.78 is 16.9. The Morgan fingerprint density at radius 3 is 0.758 bits per heavy atom. The molecular weight excluding hydrogens is 817 g/mol. The van der Waals surface area contributed by atoms with E-state index in [2.05, 4.69) is 32.9 Å². The summed E-state index contributed by atoms with van der Waals surface area (Å²) in [5, 5.41) is 0. The quantitative estimate of drug-likeness (QED) is 0.0262. The van der Waals surface area contributed by atoms with E-state index in [0.29, 0.717) is 19.3 Å². The Balaban J connectivity index is 4.25. The molecule has 6 heteroatoms. The fourth-order valence-electron chi connectivity index (χ4n) is 9.03. The summed E-state index contributed by atoms with van der Waals surface area (Å²) in [6.45, 7) is 6.68. The molecule has 0 aliphatic rings. The van der Waals surface area contributed by atoms with E-state index in [1.54, 1.807) is 0 Å². The lowest BCUT2D eigenvalue weighted by molar-refractivity contribution is -0.167. The monoisotopic (exact) mass is 931 g/mol. The highest BCUT2D eigenvalue weighted by Crippen LogP contribution is 2.17. The summed E-state index contributed by atoms with van der Waals surface area (Å²) in [6.07, 6.45) is 63.5. The molecule has 0 spiro atoms. The van der Waals surface area contributed by atoms with E-state index < -0.39 is 6.10 Å². The molecule has 0 aromatic heterocycles. The Hall–Kier alpha value is -1.85. The highest BCUT2D eigenvalue weighted by atomic mass is 16.6.